The molecule has 3 aliphatic rings. The Bertz CT molecular complexity index is 1360. The first kappa shape index (κ1) is 24.7. The number of anilines is 3. The largest absolute Gasteiger partial charge is 0.416 e. The van der Waals surface area contributed by atoms with Crippen molar-refractivity contribution in [3.05, 3.63) is 83.2 Å². The van der Waals surface area contributed by atoms with E-state index in [0.29, 0.717) is 11.0 Å². The zero-order valence-electron chi connectivity index (χ0n) is 21.1. The number of hydrogen-bond acceptors (Lipinski definition) is 5. The van der Waals surface area contributed by atoms with Crippen LogP contribution in [0.15, 0.2) is 60.9 Å². The maximum atomic E-state index is 13.1. The Morgan fingerprint density at radius 2 is 1.82 bits per heavy atom. The fourth-order valence-corrected chi connectivity index (χ4v) is 5.73. The quantitative estimate of drug-likeness (QED) is 0.480. The number of ether oxygens (including phenoxy) is 1. The van der Waals surface area contributed by atoms with Crippen LogP contribution in [-0.2, 0) is 10.9 Å². The fourth-order valence-electron chi connectivity index (χ4n) is 5.73. The van der Waals surface area contributed by atoms with Gasteiger partial charge in [0.25, 0.3) is 5.91 Å². The van der Waals surface area contributed by atoms with Crippen LogP contribution in [-0.4, -0.2) is 50.3 Å². The predicted octanol–water partition coefficient (Wildman–Crippen LogP) is 5.49. The Labute approximate surface area is 219 Å². The highest BCUT2D eigenvalue weighted by atomic mass is 19.4. The number of nitrogens with one attached hydrogen (secondary N) is 1. The van der Waals surface area contributed by atoms with Gasteiger partial charge in [-0.2, -0.15) is 13.2 Å². The standard InChI is InChI=1S/C29H29F3N4O2/c1-19-5-6-20(27(37)34-23-4-2-3-22(10-23)29(30,31)32)9-26(19)21-7-8-35(14-21)24-11-25(13-33-12-24)36-15-28(16-36)17-38-18-28/h2-6,9-13,21H,7-8,14-18H2,1H3,(H,34,37)/t21-/m1/s1. The number of rotatable bonds is 5. The first-order chi connectivity index (χ1) is 18.2. The van der Waals surface area contributed by atoms with E-state index < -0.39 is 17.6 Å². The summed E-state index contributed by atoms with van der Waals surface area (Å²) in [5.41, 5.74) is 4.48. The second-order valence-electron chi connectivity index (χ2n) is 10.8. The second-order valence-corrected chi connectivity index (χ2v) is 10.8. The van der Waals surface area contributed by atoms with Crippen LogP contribution in [0.4, 0.5) is 30.2 Å². The molecule has 1 aromatic heterocycles. The molecule has 4 heterocycles. The third kappa shape index (κ3) is 4.71. The number of alkyl halides is 3. The molecular weight excluding hydrogens is 493 g/mol. The van der Waals surface area contributed by atoms with Crippen LogP contribution in [0.3, 0.4) is 0 Å². The summed E-state index contributed by atoms with van der Waals surface area (Å²) in [4.78, 5) is 22.1. The van der Waals surface area contributed by atoms with E-state index in [1.165, 1.54) is 12.1 Å². The molecule has 3 saturated heterocycles. The normalized spacial score (nSPS) is 20.3. The third-order valence-electron chi connectivity index (χ3n) is 7.93. The molecule has 1 N–H and O–H groups in total. The van der Waals surface area contributed by atoms with E-state index in [-0.39, 0.29) is 11.6 Å². The number of hydrogen-bond donors (Lipinski definition) is 1. The number of benzene rings is 2. The molecule has 2 aromatic carbocycles. The molecule has 3 aromatic rings. The van der Waals surface area contributed by atoms with Crippen molar-refractivity contribution in [1.29, 1.82) is 0 Å². The van der Waals surface area contributed by atoms with Gasteiger partial charge in [-0.15, -0.1) is 0 Å². The van der Waals surface area contributed by atoms with E-state index in [1.807, 2.05) is 31.5 Å². The van der Waals surface area contributed by atoms with Crippen molar-refractivity contribution in [2.24, 2.45) is 5.41 Å². The van der Waals surface area contributed by atoms with Gasteiger partial charge >= 0.3 is 6.18 Å². The van der Waals surface area contributed by atoms with Gasteiger partial charge in [-0.05, 0) is 60.9 Å². The van der Waals surface area contributed by atoms with E-state index in [0.717, 1.165) is 80.4 Å². The minimum absolute atomic E-state index is 0.115. The number of aromatic nitrogens is 1. The summed E-state index contributed by atoms with van der Waals surface area (Å²) in [6.07, 6.45) is 0.289. The Morgan fingerprint density at radius 1 is 1.05 bits per heavy atom. The lowest BCUT2D eigenvalue weighted by atomic mass is 9.78. The van der Waals surface area contributed by atoms with Crippen LogP contribution in [0, 0.1) is 12.3 Å². The van der Waals surface area contributed by atoms with Crippen LogP contribution in [0.1, 0.15) is 39.4 Å². The maximum absolute atomic E-state index is 13.1. The summed E-state index contributed by atoms with van der Waals surface area (Å²) in [5, 5.41) is 2.61. The maximum Gasteiger partial charge on any atom is 0.416 e. The SMILES string of the molecule is Cc1ccc(C(=O)Nc2cccc(C(F)(F)F)c2)cc1[C@@H]1CCN(c2cncc(N3CC4(COC4)C3)c2)C1. The molecule has 1 amide bonds. The van der Waals surface area contributed by atoms with Gasteiger partial charge in [0.1, 0.15) is 0 Å². The molecule has 9 heteroatoms. The topological polar surface area (TPSA) is 57.7 Å². The number of carbonyl (C=O) groups is 1. The van der Waals surface area contributed by atoms with Crippen molar-refractivity contribution in [2.75, 3.05) is 54.5 Å². The number of nitrogens with zero attached hydrogens (tertiary/aromatic N) is 3. The van der Waals surface area contributed by atoms with E-state index in [2.05, 4.69) is 26.2 Å². The van der Waals surface area contributed by atoms with E-state index in [1.54, 1.807) is 6.07 Å². The number of carbonyl (C=O) groups excluding carboxylic acids is 1. The predicted molar refractivity (Wildman–Crippen MR) is 140 cm³/mol. The summed E-state index contributed by atoms with van der Waals surface area (Å²) in [6.45, 7) is 7.43. The number of halogens is 3. The van der Waals surface area contributed by atoms with Gasteiger partial charge in [0.2, 0.25) is 0 Å². The first-order valence-corrected chi connectivity index (χ1v) is 12.8. The molecule has 6 nitrogen and oxygen atoms in total. The zero-order valence-corrected chi connectivity index (χ0v) is 21.1. The average molecular weight is 523 g/mol. The molecule has 0 saturated carbocycles. The molecule has 1 atom stereocenters. The fraction of sp³-hybridized carbons (Fsp3) is 0.379. The van der Waals surface area contributed by atoms with Gasteiger partial charge in [0, 0.05) is 43.3 Å². The summed E-state index contributed by atoms with van der Waals surface area (Å²) < 4.78 is 44.6. The van der Waals surface area contributed by atoms with Gasteiger partial charge in [-0.3, -0.25) is 9.78 Å². The first-order valence-electron chi connectivity index (χ1n) is 12.8. The van der Waals surface area contributed by atoms with Crippen LogP contribution in [0.2, 0.25) is 0 Å². The average Bonchev–Trinajstić information content (AvgIpc) is 3.33. The van der Waals surface area contributed by atoms with Gasteiger partial charge in [0.05, 0.1) is 48.0 Å². The van der Waals surface area contributed by atoms with Crippen molar-refractivity contribution in [3.63, 3.8) is 0 Å². The van der Waals surface area contributed by atoms with Gasteiger partial charge in [0.15, 0.2) is 0 Å². The highest BCUT2D eigenvalue weighted by Gasteiger charge is 2.49. The van der Waals surface area contributed by atoms with E-state index >= 15 is 0 Å². The van der Waals surface area contributed by atoms with Gasteiger partial charge < -0.3 is 19.9 Å². The highest BCUT2D eigenvalue weighted by Crippen LogP contribution is 2.41. The molecule has 1 spiro atoms. The lowest BCUT2D eigenvalue weighted by molar-refractivity contribution is -0.137. The number of aryl methyl sites for hydroxylation is 1. The van der Waals surface area contributed by atoms with Crippen LogP contribution in [0.5, 0.6) is 0 Å². The Hall–Kier alpha value is -3.59. The van der Waals surface area contributed by atoms with Crippen molar-refractivity contribution in [3.8, 4) is 0 Å². The van der Waals surface area contributed by atoms with Crippen molar-refractivity contribution >= 4 is 23.0 Å². The summed E-state index contributed by atoms with van der Waals surface area (Å²) >= 11 is 0. The number of amides is 1. The molecular formula is C29H29F3N4O2. The lowest BCUT2D eigenvalue weighted by Gasteiger charge is -2.55. The minimum Gasteiger partial charge on any atom is -0.380 e. The Morgan fingerprint density at radius 3 is 2.53 bits per heavy atom. The van der Waals surface area contributed by atoms with Crippen LogP contribution >= 0.6 is 0 Å². The summed E-state index contributed by atoms with van der Waals surface area (Å²) in [7, 11) is 0. The van der Waals surface area contributed by atoms with Crippen molar-refractivity contribution in [2.45, 2.75) is 25.4 Å². The Balaban J connectivity index is 1.14. The van der Waals surface area contributed by atoms with Crippen LogP contribution < -0.4 is 15.1 Å². The molecule has 198 valence electrons. The van der Waals surface area contributed by atoms with Crippen molar-refractivity contribution in [1.82, 2.24) is 4.98 Å². The molecule has 0 unspecified atom stereocenters. The second kappa shape index (κ2) is 9.31. The van der Waals surface area contributed by atoms with Crippen LogP contribution in [0.25, 0.3) is 0 Å². The zero-order chi connectivity index (χ0) is 26.5. The third-order valence-corrected chi connectivity index (χ3v) is 7.93. The molecule has 6 rings (SSSR count). The van der Waals surface area contributed by atoms with E-state index in [4.69, 9.17) is 4.74 Å². The van der Waals surface area contributed by atoms with Gasteiger partial charge in [-0.25, -0.2) is 0 Å². The molecule has 3 fully saturated rings. The smallest absolute Gasteiger partial charge is 0.380 e. The molecule has 38 heavy (non-hydrogen) atoms. The molecule has 0 radical (unpaired) electrons. The van der Waals surface area contributed by atoms with Crippen molar-refractivity contribution < 1.29 is 22.7 Å². The molecule has 0 bridgehead atoms. The molecule has 3 aliphatic heterocycles. The number of pyridine rings is 1. The van der Waals surface area contributed by atoms with Gasteiger partial charge in [-0.1, -0.05) is 12.1 Å². The lowest BCUT2D eigenvalue weighted by Crippen LogP contribution is -2.66. The minimum atomic E-state index is -4.47. The summed E-state index contributed by atoms with van der Waals surface area (Å²) in [5.74, 6) is -0.194. The highest BCUT2D eigenvalue weighted by molar-refractivity contribution is 6.04. The summed E-state index contributed by atoms with van der Waals surface area (Å²) in [6, 6.07) is 12.4. The monoisotopic (exact) mass is 522 g/mol. The van der Waals surface area contributed by atoms with E-state index in [9.17, 15) is 18.0 Å². The Kier molecular flexibility index (Phi) is 6.06. The molecule has 0 aliphatic carbocycles.